The molecule has 1 saturated heterocycles. The second-order valence-corrected chi connectivity index (χ2v) is 5.15. The van der Waals surface area contributed by atoms with Crippen LogP contribution in [0.2, 0.25) is 0 Å². The van der Waals surface area contributed by atoms with E-state index < -0.39 is 5.97 Å². The number of piperidine rings is 1. The molecule has 0 aliphatic carbocycles. The number of thiazole rings is 1. The summed E-state index contributed by atoms with van der Waals surface area (Å²) in [6, 6.07) is 0.363. The number of hydrogen-bond donors (Lipinski definition) is 1. The molecule has 0 saturated carbocycles. The molecule has 2 heterocycles. The first-order chi connectivity index (χ1) is 7.68. The van der Waals surface area contributed by atoms with Crippen molar-refractivity contribution in [3.63, 3.8) is 0 Å². The minimum absolute atomic E-state index is 0.148. The van der Waals surface area contributed by atoms with Crippen LogP contribution in [0.25, 0.3) is 0 Å². The van der Waals surface area contributed by atoms with E-state index in [4.69, 9.17) is 5.11 Å². The van der Waals surface area contributed by atoms with E-state index in [1.165, 1.54) is 4.88 Å². The second-order valence-electron chi connectivity index (χ2n) is 4.23. The Morgan fingerprint density at radius 2 is 2.31 bits per heavy atom. The van der Waals surface area contributed by atoms with Gasteiger partial charge in [-0.15, -0.1) is 11.3 Å². The molecule has 1 N–H and O–H groups in total. The number of carboxylic acids is 1. The highest BCUT2D eigenvalue weighted by molar-refractivity contribution is 7.09. The molecule has 0 aromatic carbocycles. The van der Waals surface area contributed by atoms with Gasteiger partial charge in [-0.3, -0.25) is 14.7 Å². The van der Waals surface area contributed by atoms with Crippen molar-refractivity contribution in [1.82, 2.24) is 9.88 Å². The fourth-order valence-corrected chi connectivity index (χ4v) is 2.86. The summed E-state index contributed by atoms with van der Waals surface area (Å²) < 4.78 is 0. The van der Waals surface area contributed by atoms with Gasteiger partial charge < -0.3 is 5.11 Å². The van der Waals surface area contributed by atoms with Crippen LogP contribution in [0, 0.1) is 5.92 Å². The molecule has 1 aromatic heterocycles. The van der Waals surface area contributed by atoms with Crippen molar-refractivity contribution < 1.29 is 9.90 Å². The predicted molar refractivity (Wildman–Crippen MR) is 62.5 cm³/mol. The summed E-state index contributed by atoms with van der Waals surface area (Å²) in [5.41, 5.74) is 1.84. The van der Waals surface area contributed by atoms with Crippen molar-refractivity contribution in [2.75, 3.05) is 13.1 Å². The monoisotopic (exact) mass is 240 g/mol. The fraction of sp³-hybridized carbons (Fsp3) is 0.636. The normalized spacial score (nSPS) is 20.8. The summed E-state index contributed by atoms with van der Waals surface area (Å²) in [4.78, 5) is 18.5. The van der Waals surface area contributed by atoms with E-state index in [0.717, 1.165) is 25.9 Å². The molecular formula is C11H16N2O2S. The van der Waals surface area contributed by atoms with Gasteiger partial charge in [-0.05, 0) is 32.9 Å². The Labute approximate surface area is 98.9 Å². The smallest absolute Gasteiger partial charge is 0.306 e. The molecule has 0 radical (unpaired) electrons. The zero-order chi connectivity index (χ0) is 11.5. The van der Waals surface area contributed by atoms with Crippen LogP contribution in [0.15, 0.2) is 11.7 Å². The van der Waals surface area contributed by atoms with Gasteiger partial charge in [-0.1, -0.05) is 0 Å². The number of carboxylic acid groups (broad SMARTS) is 1. The molecule has 1 unspecified atom stereocenters. The van der Waals surface area contributed by atoms with E-state index in [-0.39, 0.29) is 5.92 Å². The molecule has 1 aromatic rings. The minimum Gasteiger partial charge on any atom is -0.481 e. The number of aromatic nitrogens is 1. The van der Waals surface area contributed by atoms with Crippen LogP contribution in [-0.4, -0.2) is 34.0 Å². The summed E-state index contributed by atoms with van der Waals surface area (Å²) >= 11 is 1.66. The van der Waals surface area contributed by atoms with Gasteiger partial charge in [-0.25, -0.2) is 0 Å². The molecule has 88 valence electrons. The molecule has 0 bridgehead atoms. The van der Waals surface area contributed by atoms with Crippen molar-refractivity contribution in [2.45, 2.75) is 25.8 Å². The van der Waals surface area contributed by atoms with Crippen LogP contribution in [0.3, 0.4) is 0 Å². The minimum atomic E-state index is -0.648. The van der Waals surface area contributed by atoms with Crippen LogP contribution in [-0.2, 0) is 4.79 Å². The lowest BCUT2D eigenvalue weighted by Gasteiger charge is -2.34. The molecule has 4 nitrogen and oxygen atoms in total. The Balaban J connectivity index is 1.92. The number of carbonyl (C=O) groups is 1. The molecule has 1 aliphatic rings. The van der Waals surface area contributed by atoms with Crippen LogP contribution in [0.1, 0.15) is 30.7 Å². The van der Waals surface area contributed by atoms with Crippen molar-refractivity contribution in [1.29, 1.82) is 0 Å². The van der Waals surface area contributed by atoms with Crippen LogP contribution in [0.5, 0.6) is 0 Å². The van der Waals surface area contributed by atoms with Gasteiger partial charge in [0, 0.05) is 17.1 Å². The van der Waals surface area contributed by atoms with Crippen molar-refractivity contribution >= 4 is 17.3 Å². The van der Waals surface area contributed by atoms with Crippen LogP contribution >= 0.6 is 11.3 Å². The fourth-order valence-electron chi connectivity index (χ4n) is 2.15. The van der Waals surface area contributed by atoms with E-state index >= 15 is 0 Å². The van der Waals surface area contributed by atoms with Gasteiger partial charge in [-0.2, -0.15) is 0 Å². The Bertz CT molecular complexity index is 345. The van der Waals surface area contributed by atoms with Gasteiger partial charge in [0.25, 0.3) is 0 Å². The lowest BCUT2D eigenvalue weighted by molar-refractivity contribution is -0.143. The zero-order valence-electron chi connectivity index (χ0n) is 9.30. The first-order valence-corrected chi connectivity index (χ1v) is 6.41. The van der Waals surface area contributed by atoms with Crippen molar-refractivity contribution in [3.05, 3.63) is 16.6 Å². The number of likely N-dealkylation sites (tertiary alicyclic amines) is 1. The summed E-state index contributed by atoms with van der Waals surface area (Å²) in [5.74, 6) is -0.796. The maximum Gasteiger partial charge on any atom is 0.306 e. The van der Waals surface area contributed by atoms with E-state index in [1.54, 1.807) is 11.3 Å². The molecule has 5 heteroatoms. The Morgan fingerprint density at radius 3 is 2.81 bits per heavy atom. The number of rotatable bonds is 3. The third-order valence-electron chi connectivity index (χ3n) is 3.29. The quantitative estimate of drug-likeness (QED) is 0.878. The van der Waals surface area contributed by atoms with Crippen LogP contribution in [0.4, 0.5) is 0 Å². The molecule has 0 spiro atoms. The Hall–Kier alpha value is -0.940. The highest BCUT2D eigenvalue weighted by Crippen LogP contribution is 2.28. The molecule has 1 fully saturated rings. The lowest BCUT2D eigenvalue weighted by atomic mass is 9.96. The molecule has 2 rings (SSSR count). The van der Waals surface area contributed by atoms with E-state index in [0.29, 0.717) is 6.04 Å². The maximum atomic E-state index is 10.8. The first kappa shape index (κ1) is 11.5. The molecule has 1 aliphatic heterocycles. The summed E-state index contributed by atoms with van der Waals surface area (Å²) in [7, 11) is 0. The third-order valence-corrected chi connectivity index (χ3v) is 4.24. The molecule has 0 amide bonds. The summed E-state index contributed by atoms with van der Waals surface area (Å²) in [5, 5.41) is 8.92. The van der Waals surface area contributed by atoms with E-state index in [1.807, 2.05) is 11.7 Å². The van der Waals surface area contributed by atoms with E-state index in [2.05, 4.69) is 16.8 Å². The Morgan fingerprint density at radius 1 is 1.62 bits per heavy atom. The standard InChI is InChI=1S/C11H16N2O2S/c1-8(10-6-12-7-16-10)13-4-2-9(3-5-13)11(14)15/h6-9H,2-5H2,1H3,(H,14,15). The van der Waals surface area contributed by atoms with Crippen molar-refractivity contribution in [3.8, 4) is 0 Å². The lowest BCUT2D eigenvalue weighted by Crippen LogP contribution is -2.37. The summed E-state index contributed by atoms with van der Waals surface area (Å²) in [6.07, 6.45) is 3.43. The van der Waals surface area contributed by atoms with Gasteiger partial charge in [0.1, 0.15) is 0 Å². The van der Waals surface area contributed by atoms with Gasteiger partial charge in [0.05, 0.1) is 11.4 Å². The largest absolute Gasteiger partial charge is 0.481 e. The van der Waals surface area contributed by atoms with Gasteiger partial charge in [0.15, 0.2) is 0 Å². The highest BCUT2D eigenvalue weighted by atomic mass is 32.1. The molecule has 1 atom stereocenters. The zero-order valence-corrected chi connectivity index (χ0v) is 10.1. The SMILES string of the molecule is CC(c1cncs1)N1CCC(C(=O)O)CC1. The van der Waals surface area contributed by atoms with Gasteiger partial charge >= 0.3 is 5.97 Å². The second kappa shape index (κ2) is 4.93. The van der Waals surface area contributed by atoms with Crippen LogP contribution < -0.4 is 0 Å². The highest BCUT2D eigenvalue weighted by Gasteiger charge is 2.27. The number of aliphatic carboxylic acids is 1. The average molecular weight is 240 g/mol. The topological polar surface area (TPSA) is 53.4 Å². The van der Waals surface area contributed by atoms with Gasteiger partial charge in [0.2, 0.25) is 0 Å². The summed E-state index contributed by atoms with van der Waals surface area (Å²) in [6.45, 7) is 3.90. The third kappa shape index (κ3) is 2.41. The van der Waals surface area contributed by atoms with E-state index in [9.17, 15) is 4.79 Å². The number of hydrogen-bond acceptors (Lipinski definition) is 4. The Kier molecular flexibility index (Phi) is 3.56. The predicted octanol–water partition coefficient (Wildman–Crippen LogP) is 2.00. The van der Waals surface area contributed by atoms with Crippen molar-refractivity contribution in [2.24, 2.45) is 5.92 Å². The number of nitrogens with zero attached hydrogens (tertiary/aromatic N) is 2. The average Bonchev–Trinajstić information content (AvgIpc) is 2.81. The molecular weight excluding hydrogens is 224 g/mol. The first-order valence-electron chi connectivity index (χ1n) is 5.53. The maximum absolute atomic E-state index is 10.8. The molecule has 16 heavy (non-hydrogen) atoms.